The van der Waals surface area contributed by atoms with Gasteiger partial charge in [0.25, 0.3) is 0 Å². The third-order valence-corrected chi connectivity index (χ3v) is 3.41. The monoisotopic (exact) mass is 307 g/mol. The molecule has 0 saturated carbocycles. The number of rotatable bonds is 5. The van der Waals surface area contributed by atoms with Gasteiger partial charge in [-0.15, -0.1) is 0 Å². The first-order chi connectivity index (χ1) is 11.3. The zero-order valence-electron chi connectivity index (χ0n) is 13.0. The molecule has 0 atom stereocenters. The van der Waals surface area contributed by atoms with Gasteiger partial charge in [0.1, 0.15) is 23.0 Å². The molecule has 3 rings (SSSR count). The van der Waals surface area contributed by atoms with Crippen LogP contribution in [0.25, 0.3) is 11.3 Å². The topological polar surface area (TPSA) is 44.0 Å². The van der Waals surface area contributed by atoms with Crippen molar-refractivity contribution in [2.24, 2.45) is 4.99 Å². The summed E-state index contributed by atoms with van der Waals surface area (Å²) in [6, 6.07) is 19.1. The first-order valence-corrected chi connectivity index (χ1v) is 7.21. The van der Waals surface area contributed by atoms with E-state index in [1.165, 1.54) is 0 Å². The highest BCUT2D eigenvalue weighted by molar-refractivity contribution is 5.80. The minimum atomic E-state index is 0.701. The maximum Gasteiger partial charge on any atom is 0.145 e. The van der Waals surface area contributed by atoms with Gasteiger partial charge in [0, 0.05) is 5.56 Å². The van der Waals surface area contributed by atoms with Gasteiger partial charge in [0.15, 0.2) is 0 Å². The van der Waals surface area contributed by atoms with Crippen LogP contribution in [0.15, 0.2) is 70.1 Å². The lowest BCUT2D eigenvalue weighted by Gasteiger charge is -2.00. The highest BCUT2D eigenvalue weighted by Gasteiger charge is 2.03. The van der Waals surface area contributed by atoms with Crippen LogP contribution >= 0.6 is 0 Å². The summed E-state index contributed by atoms with van der Waals surface area (Å²) in [6.07, 6.45) is 1.70. The molecule has 1 aromatic heterocycles. The summed E-state index contributed by atoms with van der Waals surface area (Å²) in [5, 5.41) is 0. The molecular weight excluding hydrogens is 290 g/mol. The number of ether oxygens (including phenoxy) is 2. The quantitative estimate of drug-likeness (QED) is 0.641. The molecule has 0 aliphatic rings. The molecule has 1 heterocycles. The smallest absolute Gasteiger partial charge is 0.145 e. The largest absolute Gasteiger partial charge is 0.497 e. The molecule has 3 aromatic rings. The third kappa shape index (κ3) is 3.61. The second-order valence-electron chi connectivity index (χ2n) is 4.89. The first kappa shape index (κ1) is 14.9. The van der Waals surface area contributed by atoms with Gasteiger partial charge >= 0.3 is 0 Å². The van der Waals surface area contributed by atoms with Gasteiger partial charge in [-0.25, -0.2) is 0 Å². The molecule has 116 valence electrons. The molecule has 2 aromatic carbocycles. The van der Waals surface area contributed by atoms with Crippen molar-refractivity contribution >= 4 is 11.9 Å². The molecule has 0 radical (unpaired) electrons. The van der Waals surface area contributed by atoms with Gasteiger partial charge in [-0.1, -0.05) is 0 Å². The Balaban J connectivity index is 1.74. The van der Waals surface area contributed by atoms with Gasteiger partial charge < -0.3 is 13.9 Å². The zero-order chi connectivity index (χ0) is 16.1. The lowest BCUT2D eigenvalue weighted by molar-refractivity contribution is 0.414. The van der Waals surface area contributed by atoms with Crippen LogP contribution in [-0.2, 0) is 0 Å². The van der Waals surface area contributed by atoms with Crippen molar-refractivity contribution < 1.29 is 13.9 Å². The molecular formula is C19H17NO3. The van der Waals surface area contributed by atoms with E-state index in [2.05, 4.69) is 4.99 Å². The molecule has 23 heavy (non-hydrogen) atoms. The molecule has 0 amide bonds. The van der Waals surface area contributed by atoms with Crippen molar-refractivity contribution in [2.45, 2.75) is 0 Å². The van der Waals surface area contributed by atoms with E-state index < -0.39 is 0 Å². The molecule has 4 nitrogen and oxygen atoms in total. The molecule has 0 bridgehead atoms. The van der Waals surface area contributed by atoms with Crippen LogP contribution in [-0.4, -0.2) is 20.4 Å². The number of benzene rings is 2. The van der Waals surface area contributed by atoms with Gasteiger partial charge in [-0.05, 0) is 60.7 Å². The Kier molecular flexibility index (Phi) is 4.43. The fourth-order valence-electron chi connectivity index (χ4n) is 2.14. The Labute approximate surface area is 135 Å². The van der Waals surface area contributed by atoms with E-state index >= 15 is 0 Å². The minimum absolute atomic E-state index is 0.701. The van der Waals surface area contributed by atoms with Crippen molar-refractivity contribution in [2.75, 3.05) is 14.2 Å². The van der Waals surface area contributed by atoms with Crippen LogP contribution in [0.2, 0.25) is 0 Å². The SMILES string of the molecule is COc1ccc(N=Cc2ccc(-c3ccc(OC)cc3)o2)cc1. The molecule has 0 spiro atoms. The highest BCUT2D eigenvalue weighted by atomic mass is 16.5. The second-order valence-corrected chi connectivity index (χ2v) is 4.89. The highest BCUT2D eigenvalue weighted by Crippen LogP contribution is 2.24. The number of hydrogen-bond donors (Lipinski definition) is 0. The van der Waals surface area contributed by atoms with Crippen LogP contribution in [0, 0.1) is 0 Å². The van der Waals surface area contributed by atoms with Gasteiger partial charge in [0.2, 0.25) is 0 Å². The number of furan rings is 1. The predicted octanol–water partition coefficient (Wildman–Crippen LogP) is 4.71. The zero-order valence-corrected chi connectivity index (χ0v) is 13.0. The summed E-state index contributed by atoms with van der Waals surface area (Å²) in [7, 11) is 3.29. The van der Waals surface area contributed by atoms with E-state index in [1.807, 2.05) is 60.7 Å². The average Bonchev–Trinajstić information content (AvgIpc) is 3.09. The van der Waals surface area contributed by atoms with E-state index in [0.717, 1.165) is 28.5 Å². The number of methoxy groups -OCH3 is 2. The van der Waals surface area contributed by atoms with Crippen LogP contribution in [0.5, 0.6) is 11.5 Å². The van der Waals surface area contributed by atoms with Crippen LogP contribution in [0.4, 0.5) is 5.69 Å². The van der Waals surface area contributed by atoms with Crippen molar-refractivity contribution in [3.8, 4) is 22.8 Å². The lowest BCUT2D eigenvalue weighted by atomic mass is 10.2. The molecule has 0 aliphatic carbocycles. The second kappa shape index (κ2) is 6.83. The molecule has 0 fully saturated rings. The Morgan fingerprint density at radius 3 is 2.00 bits per heavy atom. The summed E-state index contributed by atoms with van der Waals surface area (Å²) >= 11 is 0. The standard InChI is InChI=1S/C19H17NO3/c1-21-16-7-3-14(4-8-16)19-12-11-18(23-19)13-20-15-5-9-17(22-2)10-6-15/h3-13H,1-2H3. The molecule has 0 unspecified atom stereocenters. The van der Waals surface area contributed by atoms with Gasteiger partial charge in [-0.3, -0.25) is 4.99 Å². The van der Waals surface area contributed by atoms with Gasteiger partial charge in [-0.2, -0.15) is 0 Å². The van der Waals surface area contributed by atoms with E-state index in [0.29, 0.717) is 5.76 Å². The van der Waals surface area contributed by atoms with Crippen molar-refractivity contribution in [1.29, 1.82) is 0 Å². The number of nitrogens with zero attached hydrogens (tertiary/aromatic N) is 1. The fraction of sp³-hybridized carbons (Fsp3) is 0.105. The van der Waals surface area contributed by atoms with E-state index in [1.54, 1.807) is 20.4 Å². The van der Waals surface area contributed by atoms with Crippen LogP contribution < -0.4 is 9.47 Å². The predicted molar refractivity (Wildman–Crippen MR) is 90.9 cm³/mol. The lowest BCUT2D eigenvalue weighted by Crippen LogP contribution is -1.81. The molecule has 0 N–H and O–H groups in total. The van der Waals surface area contributed by atoms with E-state index in [4.69, 9.17) is 13.9 Å². The van der Waals surface area contributed by atoms with Crippen molar-refractivity contribution in [3.63, 3.8) is 0 Å². The maximum absolute atomic E-state index is 5.80. The Morgan fingerprint density at radius 1 is 0.783 bits per heavy atom. The Hall–Kier alpha value is -3.01. The minimum Gasteiger partial charge on any atom is -0.497 e. The summed E-state index contributed by atoms with van der Waals surface area (Å²) in [6.45, 7) is 0. The molecule has 0 saturated heterocycles. The third-order valence-electron chi connectivity index (χ3n) is 3.41. The van der Waals surface area contributed by atoms with E-state index in [-0.39, 0.29) is 0 Å². The van der Waals surface area contributed by atoms with E-state index in [9.17, 15) is 0 Å². The average molecular weight is 307 g/mol. The van der Waals surface area contributed by atoms with Crippen molar-refractivity contribution in [3.05, 3.63) is 66.4 Å². The summed E-state index contributed by atoms with van der Waals surface area (Å²) in [4.78, 5) is 4.39. The number of aliphatic imine (C=N–C) groups is 1. The van der Waals surface area contributed by atoms with Crippen LogP contribution in [0.1, 0.15) is 5.76 Å². The summed E-state index contributed by atoms with van der Waals surface area (Å²) in [5.41, 5.74) is 1.84. The Morgan fingerprint density at radius 2 is 1.39 bits per heavy atom. The van der Waals surface area contributed by atoms with Crippen molar-refractivity contribution in [1.82, 2.24) is 0 Å². The first-order valence-electron chi connectivity index (χ1n) is 7.21. The Bertz CT molecular complexity index is 786. The fourth-order valence-corrected chi connectivity index (χ4v) is 2.14. The normalized spacial score (nSPS) is 10.9. The molecule has 4 heteroatoms. The number of hydrogen-bond acceptors (Lipinski definition) is 4. The summed E-state index contributed by atoms with van der Waals surface area (Å²) < 4.78 is 16.1. The maximum atomic E-state index is 5.80. The van der Waals surface area contributed by atoms with Gasteiger partial charge in [0.05, 0.1) is 26.1 Å². The van der Waals surface area contributed by atoms with Crippen LogP contribution in [0.3, 0.4) is 0 Å². The molecule has 0 aliphatic heterocycles. The summed E-state index contributed by atoms with van der Waals surface area (Å²) in [5.74, 6) is 3.13.